The van der Waals surface area contributed by atoms with Gasteiger partial charge in [0.15, 0.2) is 5.78 Å². The number of Topliss-reactive ketones (excluding diaryl/α,β-unsaturated/α-hetero) is 1. The molecular formula is C28H32F3NO2. The fourth-order valence-corrected chi connectivity index (χ4v) is 4.00. The summed E-state index contributed by atoms with van der Waals surface area (Å²) in [5.74, 6) is 0.304. The molecule has 1 aromatic heterocycles. The Morgan fingerprint density at radius 1 is 1.21 bits per heavy atom. The topological polar surface area (TPSA) is 39.2 Å². The second kappa shape index (κ2) is 11.0. The Hall–Kier alpha value is -2.89. The van der Waals surface area contributed by atoms with Crippen molar-refractivity contribution in [3.63, 3.8) is 0 Å². The predicted octanol–water partition coefficient (Wildman–Crippen LogP) is 5.95. The van der Waals surface area contributed by atoms with Crippen molar-refractivity contribution < 1.29 is 22.7 Å². The van der Waals surface area contributed by atoms with Crippen molar-refractivity contribution in [1.29, 1.82) is 0 Å². The Balaban J connectivity index is 1.65. The first-order chi connectivity index (χ1) is 16.0. The lowest BCUT2D eigenvalue weighted by Gasteiger charge is -2.17. The molecule has 2 aromatic rings. The smallest absolute Gasteiger partial charge is 0.419 e. The number of hydrogen-bond acceptors (Lipinski definition) is 3. The van der Waals surface area contributed by atoms with Gasteiger partial charge in [0.05, 0.1) is 17.0 Å². The lowest BCUT2D eigenvalue weighted by atomic mass is 9.99. The van der Waals surface area contributed by atoms with Crippen LogP contribution >= 0.6 is 0 Å². The lowest BCUT2D eigenvalue weighted by Crippen LogP contribution is -2.31. The van der Waals surface area contributed by atoms with Crippen LogP contribution in [0.4, 0.5) is 13.2 Å². The monoisotopic (exact) mass is 471 g/mol. The summed E-state index contributed by atoms with van der Waals surface area (Å²) in [6, 6.07) is 6.11. The summed E-state index contributed by atoms with van der Waals surface area (Å²) in [4.78, 5) is 17.5. The van der Waals surface area contributed by atoms with Gasteiger partial charge in [-0.1, -0.05) is 37.3 Å². The Labute approximate surface area is 199 Å². The second-order valence-corrected chi connectivity index (χ2v) is 9.19. The third-order valence-corrected chi connectivity index (χ3v) is 5.80. The van der Waals surface area contributed by atoms with Gasteiger partial charge in [-0.25, -0.2) is 0 Å². The van der Waals surface area contributed by atoms with E-state index in [2.05, 4.69) is 24.1 Å². The Kier molecular flexibility index (Phi) is 8.34. The van der Waals surface area contributed by atoms with Gasteiger partial charge >= 0.3 is 6.18 Å². The summed E-state index contributed by atoms with van der Waals surface area (Å²) < 4.78 is 45.7. The number of nitrogens with zero attached hydrogens (tertiary/aromatic N) is 1. The van der Waals surface area contributed by atoms with Gasteiger partial charge in [-0.15, -0.1) is 0 Å². The highest BCUT2D eigenvalue weighted by atomic mass is 19.4. The summed E-state index contributed by atoms with van der Waals surface area (Å²) >= 11 is 0. The molecule has 1 heterocycles. The molecule has 0 saturated heterocycles. The minimum absolute atomic E-state index is 0.0114. The number of ketones is 1. The minimum Gasteiger partial charge on any atom is -0.490 e. The van der Waals surface area contributed by atoms with Crippen LogP contribution in [0.2, 0.25) is 0 Å². The van der Waals surface area contributed by atoms with E-state index in [1.165, 1.54) is 6.07 Å². The summed E-state index contributed by atoms with van der Waals surface area (Å²) in [6.45, 7) is 7.38. The van der Waals surface area contributed by atoms with Gasteiger partial charge in [0.25, 0.3) is 0 Å². The number of alkyl halides is 3. The van der Waals surface area contributed by atoms with Crippen LogP contribution in [0.1, 0.15) is 73.6 Å². The molecule has 0 bridgehead atoms. The molecular weight excluding hydrogens is 439 g/mol. The third-order valence-electron chi connectivity index (χ3n) is 5.80. The van der Waals surface area contributed by atoms with Crippen LogP contribution < -0.4 is 15.3 Å². The predicted molar refractivity (Wildman–Crippen MR) is 129 cm³/mol. The van der Waals surface area contributed by atoms with Gasteiger partial charge < -0.3 is 4.74 Å². The second-order valence-electron chi connectivity index (χ2n) is 9.19. The number of unbranched alkanes of at least 4 members (excludes halogenated alkanes) is 1. The number of aromatic nitrogens is 1. The fourth-order valence-electron chi connectivity index (χ4n) is 4.00. The molecule has 0 spiro atoms. The molecule has 3 rings (SSSR count). The van der Waals surface area contributed by atoms with Gasteiger partial charge in [0, 0.05) is 22.9 Å². The van der Waals surface area contributed by atoms with Crippen molar-refractivity contribution in [3.05, 3.63) is 69.4 Å². The Bertz CT molecular complexity index is 1180. The zero-order valence-electron chi connectivity index (χ0n) is 20.2. The van der Waals surface area contributed by atoms with Crippen molar-refractivity contribution in [2.75, 3.05) is 0 Å². The van der Waals surface area contributed by atoms with Crippen LogP contribution in [-0.4, -0.2) is 16.9 Å². The van der Waals surface area contributed by atoms with E-state index in [0.29, 0.717) is 48.4 Å². The maximum absolute atomic E-state index is 13.4. The molecule has 1 aliphatic carbocycles. The molecule has 6 heteroatoms. The maximum atomic E-state index is 13.4. The van der Waals surface area contributed by atoms with Gasteiger partial charge in [-0.3, -0.25) is 9.78 Å². The number of hydrogen-bond donors (Lipinski definition) is 0. The molecule has 182 valence electrons. The molecule has 0 amide bonds. The van der Waals surface area contributed by atoms with E-state index in [-0.39, 0.29) is 17.6 Å². The molecule has 1 aromatic carbocycles. The van der Waals surface area contributed by atoms with Crippen LogP contribution in [-0.2, 0) is 12.6 Å². The first-order valence-corrected chi connectivity index (χ1v) is 11.8. The van der Waals surface area contributed by atoms with Crippen molar-refractivity contribution in [3.8, 4) is 5.75 Å². The van der Waals surface area contributed by atoms with Crippen LogP contribution in [0.15, 0.2) is 36.4 Å². The zero-order valence-corrected chi connectivity index (χ0v) is 20.2. The summed E-state index contributed by atoms with van der Waals surface area (Å²) in [5, 5.41) is 1.83. The molecule has 0 aliphatic heterocycles. The van der Waals surface area contributed by atoms with E-state index in [1.807, 2.05) is 25.1 Å². The molecule has 1 unspecified atom stereocenters. The van der Waals surface area contributed by atoms with Crippen LogP contribution in [0, 0.1) is 12.8 Å². The highest BCUT2D eigenvalue weighted by molar-refractivity contribution is 5.97. The van der Waals surface area contributed by atoms with E-state index >= 15 is 0 Å². The van der Waals surface area contributed by atoms with E-state index in [4.69, 9.17) is 4.74 Å². The minimum atomic E-state index is -4.48. The van der Waals surface area contributed by atoms with Crippen LogP contribution in [0.5, 0.6) is 5.75 Å². The van der Waals surface area contributed by atoms with E-state index < -0.39 is 11.7 Å². The number of fused-ring (bicyclic) bond motifs is 1. The maximum Gasteiger partial charge on any atom is 0.419 e. The SMILES string of the molecule is Cc1nc2/c(cc1C(=O)CCCCc1ccc(OC(C)C)c(C(F)(F)F)c1)=C\C=C/C(C)C/C=2. The number of benzene rings is 1. The third kappa shape index (κ3) is 6.81. The lowest BCUT2D eigenvalue weighted by molar-refractivity contribution is -0.139. The Morgan fingerprint density at radius 3 is 2.68 bits per heavy atom. The molecule has 0 N–H and O–H groups in total. The van der Waals surface area contributed by atoms with Crippen LogP contribution in [0.25, 0.3) is 12.2 Å². The number of carbonyl (C=O) groups excluding carboxylic acids is 1. The molecule has 0 saturated carbocycles. The Morgan fingerprint density at radius 2 is 1.97 bits per heavy atom. The van der Waals surface area contributed by atoms with E-state index in [1.54, 1.807) is 19.9 Å². The van der Waals surface area contributed by atoms with E-state index in [9.17, 15) is 18.0 Å². The molecule has 1 aliphatic rings. The van der Waals surface area contributed by atoms with Gasteiger partial charge in [0.2, 0.25) is 0 Å². The number of carbonyl (C=O) groups is 1. The largest absolute Gasteiger partial charge is 0.490 e. The van der Waals surface area contributed by atoms with Crippen molar-refractivity contribution >= 4 is 17.9 Å². The number of allylic oxidation sites excluding steroid dienone is 2. The number of rotatable bonds is 8. The summed E-state index contributed by atoms with van der Waals surface area (Å²) in [6.07, 6.45) is 6.31. The van der Waals surface area contributed by atoms with E-state index in [0.717, 1.165) is 23.1 Å². The molecule has 0 radical (unpaired) electrons. The zero-order chi connectivity index (χ0) is 24.9. The first-order valence-electron chi connectivity index (χ1n) is 11.8. The number of pyridine rings is 1. The first kappa shape index (κ1) is 25.7. The highest BCUT2D eigenvalue weighted by Crippen LogP contribution is 2.37. The molecule has 34 heavy (non-hydrogen) atoms. The summed E-state index contributed by atoms with van der Waals surface area (Å²) in [5.41, 5.74) is 1.15. The highest BCUT2D eigenvalue weighted by Gasteiger charge is 2.34. The molecule has 0 fully saturated rings. The number of aryl methyl sites for hydroxylation is 2. The quantitative estimate of drug-likeness (QED) is 0.353. The van der Waals surface area contributed by atoms with Gasteiger partial charge in [0.1, 0.15) is 5.75 Å². The average Bonchev–Trinajstić information content (AvgIpc) is 2.74. The average molecular weight is 472 g/mol. The van der Waals surface area contributed by atoms with Gasteiger partial charge in [-0.05, 0) is 76.1 Å². The van der Waals surface area contributed by atoms with Crippen molar-refractivity contribution in [2.24, 2.45) is 5.92 Å². The van der Waals surface area contributed by atoms with Gasteiger partial charge in [-0.2, -0.15) is 13.2 Å². The summed E-state index contributed by atoms with van der Waals surface area (Å²) in [7, 11) is 0. The van der Waals surface area contributed by atoms with Crippen LogP contribution in [0.3, 0.4) is 0 Å². The normalized spacial score (nSPS) is 18.6. The standard InChI is InChI=1S/C28H32F3NO2/c1-18(2)34-27-15-13-21(16-24(27)28(29,30)31)9-5-6-11-26(33)23-17-22-10-7-8-19(3)12-14-25(22)32-20(23)4/h7-8,10,13-19H,5-6,9,11-12H2,1-4H3/b8-7-,22-10-,25-14-. The fraction of sp³-hybridized carbons (Fsp3) is 0.429. The molecule has 1 atom stereocenters. The molecule has 3 nitrogen and oxygen atoms in total. The van der Waals surface area contributed by atoms with Crippen molar-refractivity contribution in [1.82, 2.24) is 4.98 Å². The number of ether oxygens (including phenoxy) is 1. The number of halogens is 3. The van der Waals surface area contributed by atoms with Crippen molar-refractivity contribution in [2.45, 2.75) is 72.1 Å².